The van der Waals surface area contributed by atoms with Crippen LogP contribution in [0.4, 0.5) is 4.39 Å². The van der Waals surface area contributed by atoms with E-state index in [1.54, 1.807) is 36.4 Å². The lowest BCUT2D eigenvalue weighted by molar-refractivity contribution is 0.184. The molecule has 2 aromatic rings. The number of hydrogen-bond acceptors (Lipinski definition) is 5. The van der Waals surface area contributed by atoms with E-state index in [9.17, 15) is 12.8 Å². The number of sulfonamides is 1. The van der Waals surface area contributed by atoms with Gasteiger partial charge in [-0.2, -0.15) is 0 Å². The number of nitrogens with zero attached hydrogens (tertiary/aromatic N) is 4. The summed E-state index contributed by atoms with van der Waals surface area (Å²) in [6.45, 7) is 7.37. The number of benzene rings is 2. The van der Waals surface area contributed by atoms with Gasteiger partial charge in [-0.25, -0.2) is 17.1 Å². The molecule has 6 nitrogen and oxygen atoms in total. The Labute approximate surface area is 171 Å². The van der Waals surface area contributed by atoms with Crippen LogP contribution in [-0.2, 0) is 10.0 Å². The van der Waals surface area contributed by atoms with Crippen LogP contribution in [0.2, 0.25) is 0 Å². The number of aliphatic imine (C=N–C) groups is 1. The number of rotatable bonds is 4. The lowest BCUT2D eigenvalue weighted by Crippen LogP contribution is -2.53. The molecular formula is C21H25FN4O2S. The molecule has 0 aromatic heterocycles. The first-order valence-electron chi connectivity index (χ1n) is 9.89. The van der Waals surface area contributed by atoms with Crippen LogP contribution in [-0.4, -0.2) is 74.3 Å². The van der Waals surface area contributed by atoms with E-state index in [0.717, 1.165) is 43.9 Å². The van der Waals surface area contributed by atoms with Gasteiger partial charge in [0, 0.05) is 26.2 Å². The third kappa shape index (κ3) is 4.00. The Kier molecular flexibility index (Phi) is 5.56. The minimum Gasteiger partial charge on any atom is -0.339 e. The summed E-state index contributed by atoms with van der Waals surface area (Å²) in [5, 5.41) is 0. The van der Waals surface area contributed by atoms with Crippen molar-refractivity contribution in [1.82, 2.24) is 14.1 Å². The largest absolute Gasteiger partial charge is 0.339 e. The number of guanidine groups is 1. The monoisotopic (exact) mass is 416 g/mol. The fourth-order valence-electron chi connectivity index (χ4n) is 3.76. The Bertz CT molecular complexity index is 982. The SMILES string of the molecule is CCN1CCN(C2=NCCN2S(=O)(=O)c2ccc(-c3ccc(F)cc3)cc2)CC1. The summed E-state index contributed by atoms with van der Waals surface area (Å²) in [6, 6.07) is 12.9. The maximum Gasteiger partial charge on any atom is 0.266 e. The van der Waals surface area contributed by atoms with Gasteiger partial charge >= 0.3 is 0 Å². The van der Waals surface area contributed by atoms with E-state index in [2.05, 4.69) is 21.7 Å². The van der Waals surface area contributed by atoms with Gasteiger partial charge in [-0.05, 0) is 41.9 Å². The summed E-state index contributed by atoms with van der Waals surface area (Å²) in [7, 11) is -3.67. The molecule has 2 aliphatic heterocycles. The summed E-state index contributed by atoms with van der Waals surface area (Å²) in [6.07, 6.45) is 0. The molecule has 1 fully saturated rings. The van der Waals surface area contributed by atoms with Crippen molar-refractivity contribution >= 4 is 16.0 Å². The zero-order valence-corrected chi connectivity index (χ0v) is 17.3. The van der Waals surface area contributed by atoms with Gasteiger partial charge in [0.2, 0.25) is 5.96 Å². The lowest BCUT2D eigenvalue weighted by atomic mass is 10.1. The van der Waals surface area contributed by atoms with Crippen molar-refractivity contribution < 1.29 is 12.8 Å². The Hall–Kier alpha value is -2.45. The van der Waals surface area contributed by atoms with E-state index in [4.69, 9.17) is 0 Å². The zero-order valence-electron chi connectivity index (χ0n) is 16.5. The molecule has 2 heterocycles. The maximum absolute atomic E-state index is 13.3. The number of halogens is 1. The van der Waals surface area contributed by atoms with Gasteiger partial charge in [0.1, 0.15) is 5.82 Å². The standard InChI is InChI=1S/C21H25FN4O2S/c1-2-24-13-15-25(16-14-24)21-23-11-12-26(21)29(27,28)20-9-5-18(6-10-20)17-3-7-19(22)8-4-17/h3-10H,2,11-16H2,1H3. The number of likely N-dealkylation sites (N-methyl/N-ethyl adjacent to an activating group) is 1. The predicted molar refractivity (Wildman–Crippen MR) is 112 cm³/mol. The van der Waals surface area contributed by atoms with Crippen LogP contribution in [0.3, 0.4) is 0 Å². The molecule has 0 radical (unpaired) electrons. The van der Waals surface area contributed by atoms with Gasteiger partial charge in [-0.3, -0.25) is 4.99 Å². The molecule has 0 unspecified atom stereocenters. The molecule has 0 amide bonds. The summed E-state index contributed by atoms with van der Waals surface area (Å²) in [4.78, 5) is 9.15. The predicted octanol–water partition coefficient (Wildman–Crippen LogP) is 2.49. The van der Waals surface area contributed by atoms with E-state index in [1.165, 1.54) is 16.4 Å². The second-order valence-electron chi connectivity index (χ2n) is 7.21. The minimum atomic E-state index is -3.67. The first-order chi connectivity index (χ1) is 14.0. The van der Waals surface area contributed by atoms with Crippen LogP contribution < -0.4 is 0 Å². The fraction of sp³-hybridized carbons (Fsp3) is 0.381. The van der Waals surface area contributed by atoms with Crippen LogP contribution in [0.25, 0.3) is 11.1 Å². The van der Waals surface area contributed by atoms with Gasteiger partial charge < -0.3 is 9.80 Å². The Morgan fingerprint density at radius 2 is 1.48 bits per heavy atom. The third-order valence-corrected chi connectivity index (χ3v) is 7.30. The summed E-state index contributed by atoms with van der Waals surface area (Å²) in [5.41, 5.74) is 1.68. The molecular weight excluding hydrogens is 391 g/mol. The van der Waals surface area contributed by atoms with Gasteiger partial charge in [0.25, 0.3) is 10.0 Å². The van der Waals surface area contributed by atoms with Crippen molar-refractivity contribution in [3.05, 3.63) is 54.3 Å². The fourth-order valence-corrected chi connectivity index (χ4v) is 5.20. The number of piperazine rings is 1. The third-order valence-electron chi connectivity index (χ3n) is 5.50. The molecule has 2 aromatic carbocycles. The van der Waals surface area contributed by atoms with E-state index in [0.29, 0.717) is 19.0 Å². The van der Waals surface area contributed by atoms with Crippen molar-refractivity contribution in [2.45, 2.75) is 11.8 Å². The maximum atomic E-state index is 13.3. The average Bonchev–Trinajstić information content (AvgIpc) is 3.25. The zero-order chi connectivity index (χ0) is 20.4. The summed E-state index contributed by atoms with van der Waals surface area (Å²) >= 11 is 0. The first-order valence-corrected chi connectivity index (χ1v) is 11.3. The Morgan fingerprint density at radius 3 is 2.07 bits per heavy atom. The lowest BCUT2D eigenvalue weighted by Gasteiger charge is -2.37. The highest BCUT2D eigenvalue weighted by molar-refractivity contribution is 7.89. The van der Waals surface area contributed by atoms with Crippen molar-refractivity contribution in [3.8, 4) is 11.1 Å². The van der Waals surface area contributed by atoms with Crippen molar-refractivity contribution in [2.24, 2.45) is 4.99 Å². The quantitative estimate of drug-likeness (QED) is 0.769. The Balaban J connectivity index is 1.53. The molecule has 0 saturated carbocycles. The molecule has 0 aliphatic carbocycles. The van der Waals surface area contributed by atoms with E-state index >= 15 is 0 Å². The van der Waals surface area contributed by atoms with E-state index in [-0.39, 0.29) is 10.7 Å². The second kappa shape index (κ2) is 8.12. The molecule has 0 bridgehead atoms. The van der Waals surface area contributed by atoms with Crippen molar-refractivity contribution in [1.29, 1.82) is 0 Å². The topological polar surface area (TPSA) is 56.2 Å². The van der Waals surface area contributed by atoms with Gasteiger partial charge in [-0.15, -0.1) is 0 Å². The minimum absolute atomic E-state index is 0.241. The van der Waals surface area contributed by atoms with Gasteiger partial charge in [0.05, 0.1) is 18.0 Å². The van der Waals surface area contributed by atoms with Crippen molar-refractivity contribution in [3.63, 3.8) is 0 Å². The van der Waals surface area contributed by atoms with E-state index < -0.39 is 10.0 Å². The highest BCUT2D eigenvalue weighted by Crippen LogP contribution is 2.25. The normalized spacial score (nSPS) is 18.2. The second-order valence-corrected chi connectivity index (χ2v) is 9.07. The van der Waals surface area contributed by atoms with Crippen LogP contribution >= 0.6 is 0 Å². The summed E-state index contributed by atoms with van der Waals surface area (Å²) < 4.78 is 41.1. The van der Waals surface area contributed by atoms with Gasteiger partial charge in [0.15, 0.2) is 0 Å². The molecule has 0 atom stereocenters. The van der Waals surface area contributed by atoms with Crippen LogP contribution in [0, 0.1) is 5.82 Å². The Morgan fingerprint density at radius 1 is 0.897 bits per heavy atom. The van der Waals surface area contributed by atoms with Gasteiger partial charge in [-0.1, -0.05) is 31.2 Å². The van der Waals surface area contributed by atoms with Crippen LogP contribution in [0.1, 0.15) is 6.92 Å². The smallest absolute Gasteiger partial charge is 0.266 e. The molecule has 1 saturated heterocycles. The molecule has 4 rings (SSSR count). The molecule has 154 valence electrons. The molecule has 2 aliphatic rings. The number of hydrogen-bond donors (Lipinski definition) is 0. The summed E-state index contributed by atoms with van der Waals surface area (Å²) in [5.74, 6) is 0.261. The average molecular weight is 417 g/mol. The molecule has 0 N–H and O–H groups in total. The van der Waals surface area contributed by atoms with Crippen LogP contribution in [0.15, 0.2) is 58.4 Å². The van der Waals surface area contributed by atoms with E-state index in [1.807, 2.05) is 0 Å². The highest BCUT2D eigenvalue weighted by atomic mass is 32.2. The molecule has 8 heteroatoms. The van der Waals surface area contributed by atoms with Crippen molar-refractivity contribution in [2.75, 3.05) is 45.8 Å². The molecule has 29 heavy (non-hydrogen) atoms. The van der Waals surface area contributed by atoms with Crippen LogP contribution in [0.5, 0.6) is 0 Å². The first kappa shape index (κ1) is 19.8. The molecule has 0 spiro atoms. The highest BCUT2D eigenvalue weighted by Gasteiger charge is 2.34.